The molecule has 0 aliphatic carbocycles. The summed E-state index contributed by atoms with van der Waals surface area (Å²) in [5.41, 5.74) is 1.12. The van der Waals surface area contributed by atoms with Crippen molar-refractivity contribution >= 4 is 5.91 Å². The number of ether oxygens (including phenoxy) is 1. The highest BCUT2D eigenvalue weighted by molar-refractivity contribution is 5.77. The van der Waals surface area contributed by atoms with E-state index in [-0.39, 0.29) is 17.9 Å². The van der Waals surface area contributed by atoms with Crippen LogP contribution in [0, 0.1) is 17.2 Å². The van der Waals surface area contributed by atoms with Gasteiger partial charge in [0.2, 0.25) is 5.91 Å². The average molecular weight is 343 g/mol. The van der Waals surface area contributed by atoms with Gasteiger partial charge in [-0.25, -0.2) is 0 Å². The lowest BCUT2D eigenvalue weighted by molar-refractivity contribution is -0.133. The first-order chi connectivity index (χ1) is 12.0. The summed E-state index contributed by atoms with van der Waals surface area (Å²) in [6.07, 6.45) is 0.499. The molecule has 1 heterocycles. The van der Waals surface area contributed by atoms with E-state index in [1.807, 2.05) is 29.2 Å². The maximum absolute atomic E-state index is 12.6. The van der Waals surface area contributed by atoms with Crippen molar-refractivity contribution in [2.24, 2.45) is 5.92 Å². The lowest BCUT2D eigenvalue weighted by atomic mass is 9.96. The molecule has 1 amide bonds. The van der Waals surface area contributed by atoms with E-state index >= 15 is 0 Å². The minimum atomic E-state index is -0.0621. The summed E-state index contributed by atoms with van der Waals surface area (Å²) in [5.74, 6) is 1.47. The van der Waals surface area contributed by atoms with Gasteiger partial charge in [-0.2, -0.15) is 5.26 Å². The molecule has 1 aliphatic heterocycles. The molecule has 1 aromatic rings. The Kier molecular flexibility index (Phi) is 6.83. The van der Waals surface area contributed by atoms with Gasteiger partial charge in [0.25, 0.3) is 0 Å². The zero-order chi connectivity index (χ0) is 18.4. The third-order valence-corrected chi connectivity index (χ3v) is 4.97. The van der Waals surface area contributed by atoms with Crippen LogP contribution >= 0.6 is 0 Å². The second kappa shape index (κ2) is 8.87. The van der Waals surface area contributed by atoms with Gasteiger partial charge in [0, 0.05) is 32.6 Å². The molecule has 0 bridgehead atoms. The predicted octanol–water partition coefficient (Wildman–Crippen LogP) is 2.88. The predicted molar refractivity (Wildman–Crippen MR) is 98.4 cm³/mol. The summed E-state index contributed by atoms with van der Waals surface area (Å²) in [5, 5.41) is 9.33. The van der Waals surface area contributed by atoms with Crippen LogP contribution in [-0.2, 0) is 4.79 Å². The van der Waals surface area contributed by atoms with Crippen molar-refractivity contribution in [1.29, 1.82) is 5.26 Å². The van der Waals surface area contributed by atoms with E-state index in [0.29, 0.717) is 25.4 Å². The van der Waals surface area contributed by atoms with Gasteiger partial charge in [0.05, 0.1) is 13.2 Å². The molecule has 2 unspecified atom stereocenters. The molecule has 1 saturated heterocycles. The summed E-state index contributed by atoms with van der Waals surface area (Å²) < 4.78 is 5.26. The third-order valence-electron chi connectivity index (χ3n) is 4.97. The van der Waals surface area contributed by atoms with Crippen LogP contribution in [-0.4, -0.2) is 55.0 Å². The zero-order valence-corrected chi connectivity index (χ0v) is 15.7. The van der Waals surface area contributed by atoms with Gasteiger partial charge in [-0.1, -0.05) is 32.9 Å². The first-order valence-corrected chi connectivity index (χ1v) is 9.01. The zero-order valence-electron chi connectivity index (χ0n) is 15.7. The monoisotopic (exact) mass is 343 g/mol. The maximum Gasteiger partial charge on any atom is 0.223 e. The van der Waals surface area contributed by atoms with Crippen molar-refractivity contribution in [2.45, 2.75) is 39.2 Å². The van der Waals surface area contributed by atoms with Crippen LogP contribution in [0.2, 0.25) is 0 Å². The van der Waals surface area contributed by atoms with Gasteiger partial charge in [-0.3, -0.25) is 9.69 Å². The fourth-order valence-corrected chi connectivity index (χ4v) is 3.36. The van der Waals surface area contributed by atoms with Gasteiger partial charge < -0.3 is 9.64 Å². The fourth-order valence-electron chi connectivity index (χ4n) is 3.36. The van der Waals surface area contributed by atoms with Gasteiger partial charge in [-0.05, 0) is 29.5 Å². The van der Waals surface area contributed by atoms with Gasteiger partial charge >= 0.3 is 0 Å². The van der Waals surface area contributed by atoms with Crippen LogP contribution in [0.5, 0.6) is 5.75 Å². The lowest BCUT2D eigenvalue weighted by Gasteiger charge is -2.38. The molecule has 0 N–H and O–H groups in total. The number of methoxy groups -OCH3 is 1. The molecule has 5 heteroatoms. The molecular weight excluding hydrogens is 314 g/mol. The highest BCUT2D eigenvalue weighted by Crippen LogP contribution is 2.24. The van der Waals surface area contributed by atoms with Gasteiger partial charge in [-0.15, -0.1) is 0 Å². The molecule has 1 fully saturated rings. The second-order valence-electron chi connectivity index (χ2n) is 7.12. The Morgan fingerprint density at radius 2 is 1.92 bits per heavy atom. The Balaban J connectivity index is 1.89. The van der Waals surface area contributed by atoms with Crippen LogP contribution < -0.4 is 4.74 Å². The van der Waals surface area contributed by atoms with E-state index < -0.39 is 0 Å². The molecule has 2 rings (SSSR count). The number of nitriles is 1. The lowest BCUT2D eigenvalue weighted by Crippen LogP contribution is -2.52. The molecule has 25 heavy (non-hydrogen) atoms. The molecule has 5 nitrogen and oxygen atoms in total. The Bertz CT molecular complexity index is 616. The van der Waals surface area contributed by atoms with Gasteiger partial charge in [0.1, 0.15) is 11.8 Å². The average Bonchev–Trinajstić information content (AvgIpc) is 2.62. The fraction of sp³-hybridized carbons (Fsp3) is 0.600. The summed E-state index contributed by atoms with van der Waals surface area (Å²) >= 11 is 0. The van der Waals surface area contributed by atoms with Crippen LogP contribution in [0.25, 0.3) is 0 Å². The van der Waals surface area contributed by atoms with Crippen LogP contribution in [0.4, 0.5) is 0 Å². The maximum atomic E-state index is 12.6. The number of piperazine rings is 1. The Morgan fingerprint density at radius 1 is 1.24 bits per heavy atom. The van der Waals surface area contributed by atoms with E-state index in [9.17, 15) is 10.1 Å². The minimum absolute atomic E-state index is 0.0621. The molecule has 136 valence electrons. The smallest absolute Gasteiger partial charge is 0.223 e. The summed E-state index contributed by atoms with van der Waals surface area (Å²) in [7, 11) is 1.65. The number of carbonyl (C=O) groups is 1. The second-order valence-corrected chi connectivity index (χ2v) is 7.12. The number of hydrogen-bond donors (Lipinski definition) is 0. The van der Waals surface area contributed by atoms with Crippen molar-refractivity contribution in [1.82, 2.24) is 9.80 Å². The van der Waals surface area contributed by atoms with Crippen LogP contribution in [0.3, 0.4) is 0 Å². The molecule has 1 aromatic carbocycles. The molecule has 0 radical (unpaired) electrons. The van der Waals surface area contributed by atoms with E-state index in [2.05, 4.69) is 31.7 Å². The van der Waals surface area contributed by atoms with E-state index in [1.54, 1.807) is 7.11 Å². The highest BCUT2D eigenvalue weighted by atomic mass is 16.5. The number of amides is 1. The number of nitrogens with zero attached hydrogens (tertiary/aromatic N) is 3. The van der Waals surface area contributed by atoms with Crippen molar-refractivity contribution in [3.63, 3.8) is 0 Å². The Morgan fingerprint density at radius 3 is 2.48 bits per heavy atom. The van der Waals surface area contributed by atoms with Crippen molar-refractivity contribution in [2.75, 3.05) is 33.3 Å². The summed E-state index contributed by atoms with van der Waals surface area (Å²) in [6.45, 7) is 9.17. The molecule has 0 aromatic heterocycles. The number of rotatable bonds is 6. The van der Waals surface area contributed by atoms with E-state index in [1.165, 1.54) is 0 Å². The minimum Gasteiger partial charge on any atom is -0.497 e. The van der Waals surface area contributed by atoms with Crippen LogP contribution in [0.1, 0.15) is 38.7 Å². The number of hydrogen-bond acceptors (Lipinski definition) is 4. The molecular formula is C20H29N3O2. The quantitative estimate of drug-likeness (QED) is 0.797. The van der Waals surface area contributed by atoms with Crippen molar-refractivity contribution < 1.29 is 9.53 Å². The highest BCUT2D eigenvalue weighted by Gasteiger charge is 2.28. The number of benzene rings is 1. The number of carbonyl (C=O) groups excluding carboxylic acids is 1. The van der Waals surface area contributed by atoms with E-state index in [0.717, 1.165) is 24.4 Å². The molecule has 2 atom stereocenters. The van der Waals surface area contributed by atoms with Crippen molar-refractivity contribution in [3.05, 3.63) is 29.8 Å². The largest absolute Gasteiger partial charge is 0.497 e. The first-order valence-electron chi connectivity index (χ1n) is 9.01. The molecule has 0 saturated carbocycles. The first kappa shape index (κ1) is 19.3. The Labute approximate surface area is 151 Å². The van der Waals surface area contributed by atoms with Crippen LogP contribution in [0.15, 0.2) is 24.3 Å². The third kappa shape index (κ3) is 4.96. The molecule has 0 spiro atoms. The Hall–Kier alpha value is -2.06. The normalized spacial score (nSPS) is 17.8. The van der Waals surface area contributed by atoms with Crippen molar-refractivity contribution in [3.8, 4) is 11.8 Å². The SMILES string of the molecule is COc1cccc(C(C)CC(=O)N2CCN(C(C#N)C(C)C)CC2)c1. The summed E-state index contributed by atoms with van der Waals surface area (Å²) in [6, 6.07) is 10.2. The standard InChI is InChI=1S/C20H29N3O2/c1-15(2)19(14-21)22-8-10-23(11-9-22)20(24)12-16(3)17-6-5-7-18(13-17)25-4/h5-7,13,15-16,19H,8-12H2,1-4H3. The van der Waals surface area contributed by atoms with Gasteiger partial charge in [0.15, 0.2) is 0 Å². The van der Waals surface area contributed by atoms with E-state index in [4.69, 9.17) is 4.74 Å². The molecule has 1 aliphatic rings. The summed E-state index contributed by atoms with van der Waals surface area (Å²) in [4.78, 5) is 16.8. The topological polar surface area (TPSA) is 56.6 Å².